The fraction of sp³-hybridized carbons (Fsp3) is 1.00. The lowest BCUT2D eigenvalue weighted by atomic mass is 10.4. The smallest absolute Gasteiger partial charge is 0.324 e. The quantitative estimate of drug-likeness (QED) is 0.644. The molecule has 1 aliphatic heterocycles. The molecule has 0 radical (unpaired) electrons. The van der Waals surface area contributed by atoms with Gasteiger partial charge in [-0.3, -0.25) is 9.13 Å². The zero-order chi connectivity index (χ0) is 12.4. The Kier molecular flexibility index (Phi) is 4.72. The van der Waals surface area contributed by atoms with E-state index in [0.717, 1.165) is 12.8 Å². The molecule has 1 heterocycles. The Bertz CT molecular complexity index is 323. The molecule has 7 nitrogen and oxygen atoms in total. The maximum atomic E-state index is 11.7. The fourth-order valence-electron chi connectivity index (χ4n) is 1.65. The summed E-state index contributed by atoms with van der Waals surface area (Å²) in [6.07, 6.45) is 1.60. The highest BCUT2D eigenvalue weighted by molar-refractivity contribution is 7.71. The molecule has 1 aliphatic rings. The molecule has 1 rings (SSSR count). The molecule has 0 saturated carbocycles. The standard InChI is InChI=1S/C7H17NO6P2/c1-2-7(15(9,10)11)16(12,13)14-8-5-3-4-6-8/h7H,2-6H2,1H3,(H,12,13)(H2,9,10,11). The number of hydroxylamine groups is 2. The summed E-state index contributed by atoms with van der Waals surface area (Å²) in [6.45, 7) is 2.48. The Balaban J connectivity index is 2.73. The predicted octanol–water partition coefficient (Wildman–Crippen LogP) is 1.11. The second kappa shape index (κ2) is 5.27. The van der Waals surface area contributed by atoms with E-state index in [2.05, 4.69) is 0 Å². The zero-order valence-corrected chi connectivity index (χ0v) is 10.8. The van der Waals surface area contributed by atoms with Crippen LogP contribution in [-0.2, 0) is 13.8 Å². The van der Waals surface area contributed by atoms with Crippen LogP contribution in [0, 0.1) is 0 Å². The first-order valence-corrected chi connectivity index (χ1v) is 8.42. The lowest BCUT2D eigenvalue weighted by Crippen LogP contribution is -2.22. The molecule has 2 atom stereocenters. The number of hydrogen-bond acceptors (Lipinski definition) is 4. The summed E-state index contributed by atoms with van der Waals surface area (Å²) >= 11 is 0. The Labute approximate surface area is 94.1 Å². The van der Waals surface area contributed by atoms with Crippen molar-refractivity contribution in [2.24, 2.45) is 0 Å². The van der Waals surface area contributed by atoms with Gasteiger partial charge in [-0.15, -0.1) is 0 Å². The summed E-state index contributed by atoms with van der Waals surface area (Å²) in [5, 5.41) is -0.334. The average Bonchev–Trinajstić information content (AvgIpc) is 2.52. The third-order valence-corrected chi connectivity index (χ3v) is 6.93. The van der Waals surface area contributed by atoms with E-state index >= 15 is 0 Å². The van der Waals surface area contributed by atoms with Gasteiger partial charge >= 0.3 is 15.2 Å². The Morgan fingerprint density at radius 1 is 1.25 bits per heavy atom. The van der Waals surface area contributed by atoms with Gasteiger partial charge in [-0.05, 0) is 19.3 Å². The van der Waals surface area contributed by atoms with Crippen LogP contribution in [0.2, 0.25) is 0 Å². The van der Waals surface area contributed by atoms with Crippen molar-refractivity contribution in [2.75, 3.05) is 13.1 Å². The molecule has 96 valence electrons. The number of hydrogen-bond donors (Lipinski definition) is 3. The van der Waals surface area contributed by atoms with Gasteiger partial charge in [-0.25, -0.2) is 4.62 Å². The lowest BCUT2D eigenvalue weighted by molar-refractivity contribution is -0.0453. The molecule has 0 spiro atoms. The third kappa shape index (κ3) is 3.64. The summed E-state index contributed by atoms with van der Waals surface area (Å²) in [4.78, 5) is 27.5. The maximum Gasteiger partial charge on any atom is 0.359 e. The first-order valence-electron chi connectivity index (χ1n) is 5.09. The largest absolute Gasteiger partial charge is 0.359 e. The van der Waals surface area contributed by atoms with Gasteiger partial charge in [0.05, 0.1) is 0 Å². The van der Waals surface area contributed by atoms with Crippen LogP contribution in [0.25, 0.3) is 0 Å². The number of nitrogens with zero attached hydrogens (tertiary/aromatic N) is 1. The summed E-state index contributed by atoms with van der Waals surface area (Å²) < 4.78 is 27.6. The fourth-order valence-corrected chi connectivity index (χ4v) is 4.84. The van der Waals surface area contributed by atoms with Crippen LogP contribution in [0.1, 0.15) is 26.2 Å². The molecule has 0 aromatic rings. The minimum absolute atomic E-state index is 0.105. The second-order valence-electron chi connectivity index (χ2n) is 3.76. The van der Waals surface area contributed by atoms with Gasteiger partial charge in [-0.1, -0.05) is 6.92 Å². The number of rotatable bonds is 5. The lowest BCUT2D eigenvalue weighted by Gasteiger charge is -2.25. The normalized spacial score (nSPS) is 24.2. The first kappa shape index (κ1) is 14.3. The first-order chi connectivity index (χ1) is 7.27. The molecule has 0 aromatic carbocycles. The van der Waals surface area contributed by atoms with E-state index in [1.807, 2.05) is 0 Å². The maximum absolute atomic E-state index is 11.7. The van der Waals surface area contributed by atoms with Gasteiger partial charge in [0.1, 0.15) is 0 Å². The molecule has 0 aliphatic carbocycles. The monoisotopic (exact) mass is 273 g/mol. The summed E-state index contributed by atoms with van der Waals surface area (Å²) in [7, 11) is -8.93. The molecule has 16 heavy (non-hydrogen) atoms. The Morgan fingerprint density at radius 2 is 1.75 bits per heavy atom. The van der Waals surface area contributed by atoms with Crippen molar-refractivity contribution in [1.29, 1.82) is 0 Å². The van der Waals surface area contributed by atoms with E-state index in [1.54, 1.807) is 0 Å². The molecule has 0 bridgehead atoms. The second-order valence-corrected chi connectivity index (χ2v) is 7.88. The van der Waals surface area contributed by atoms with Crippen molar-refractivity contribution in [1.82, 2.24) is 5.06 Å². The molecule has 1 saturated heterocycles. The topological polar surface area (TPSA) is 107 Å². The molecule has 0 aromatic heterocycles. The van der Waals surface area contributed by atoms with E-state index in [-0.39, 0.29) is 6.42 Å². The predicted molar refractivity (Wildman–Crippen MR) is 57.8 cm³/mol. The van der Waals surface area contributed by atoms with Crippen molar-refractivity contribution < 1.29 is 28.4 Å². The van der Waals surface area contributed by atoms with E-state index in [4.69, 9.17) is 14.4 Å². The summed E-state index contributed by atoms with van der Waals surface area (Å²) in [6, 6.07) is 0. The van der Waals surface area contributed by atoms with Crippen LogP contribution >= 0.6 is 15.2 Å². The molecule has 9 heteroatoms. The zero-order valence-electron chi connectivity index (χ0n) is 9.02. The highest BCUT2D eigenvalue weighted by atomic mass is 31.2. The van der Waals surface area contributed by atoms with Gasteiger partial charge < -0.3 is 14.7 Å². The third-order valence-electron chi connectivity index (χ3n) is 2.43. The minimum Gasteiger partial charge on any atom is -0.324 e. The van der Waals surface area contributed by atoms with Crippen LogP contribution in [0.4, 0.5) is 0 Å². The van der Waals surface area contributed by atoms with Crippen LogP contribution in [0.5, 0.6) is 0 Å². The van der Waals surface area contributed by atoms with E-state index in [9.17, 15) is 14.0 Å². The van der Waals surface area contributed by atoms with Gasteiger partial charge in [0.2, 0.25) is 0 Å². The van der Waals surface area contributed by atoms with Crippen molar-refractivity contribution in [3.05, 3.63) is 0 Å². The van der Waals surface area contributed by atoms with E-state index < -0.39 is 20.6 Å². The molecular weight excluding hydrogens is 256 g/mol. The highest BCUT2D eigenvalue weighted by Gasteiger charge is 2.45. The highest BCUT2D eigenvalue weighted by Crippen LogP contribution is 2.64. The SMILES string of the molecule is CCC(P(=O)(O)O)P(=O)(O)ON1CCCC1. The molecule has 0 amide bonds. The summed E-state index contributed by atoms with van der Waals surface area (Å²) in [5.74, 6) is 0. The van der Waals surface area contributed by atoms with Crippen molar-refractivity contribution in [2.45, 2.75) is 31.6 Å². The van der Waals surface area contributed by atoms with E-state index in [0.29, 0.717) is 13.1 Å². The van der Waals surface area contributed by atoms with Gasteiger partial charge in [0.15, 0.2) is 5.40 Å². The van der Waals surface area contributed by atoms with Crippen LogP contribution in [0.15, 0.2) is 0 Å². The van der Waals surface area contributed by atoms with Gasteiger partial charge in [0, 0.05) is 13.1 Å². The van der Waals surface area contributed by atoms with E-state index in [1.165, 1.54) is 12.0 Å². The molecule has 2 unspecified atom stereocenters. The molecule has 3 N–H and O–H groups in total. The molecule has 1 fully saturated rings. The van der Waals surface area contributed by atoms with Crippen molar-refractivity contribution >= 4 is 15.2 Å². The molecular formula is C7H17NO6P2. The van der Waals surface area contributed by atoms with Gasteiger partial charge in [-0.2, -0.15) is 5.06 Å². The van der Waals surface area contributed by atoms with Gasteiger partial charge in [0.25, 0.3) is 0 Å². The average molecular weight is 273 g/mol. The van der Waals surface area contributed by atoms with Crippen LogP contribution in [0.3, 0.4) is 0 Å². The summed E-state index contributed by atoms with van der Waals surface area (Å²) in [5.41, 5.74) is 0. The van der Waals surface area contributed by atoms with Crippen molar-refractivity contribution in [3.63, 3.8) is 0 Å². The van der Waals surface area contributed by atoms with Crippen LogP contribution in [-0.4, -0.2) is 38.2 Å². The van der Waals surface area contributed by atoms with Crippen molar-refractivity contribution in [3.8, 4) is 0 Å². The minimum atomic E-state index is -4.62. The Morgan fingerprint density at radius 3 is 2.12 bits per heavy atom. The Hall–Kier alpha value is 0.260. The van der Waals surface area contributed by atoms with Crippen LogP contribution < -0.4 is 0 Å².